The van der Waals surface area contributed by atoms with Gasteiger partial charge in [-0.25, -0.2) is 13.1 Å². The largest absolute Gasteiger partial charge is 0.388 e. The molecule has 126 valence electrons. The van der Waals surface area contributed by atoms with Crippen LogP contribution in [-0.2, 0) is 21.8 Å². The molecule has 10 heteroatoms. The van der Waals surface area contributed by atoms with Crippen LogP contribution in [0.15, 0.2) is 11.1 Å². The van der Waals surface area contributed by atoms with Gasteiger partial charge in [-0.05, 0) is 13.8 Å². The van der Waals surface area contributed by atoms with E-state index in [0.717, 1.165) is 0 Å². The van der Waals surface area contributed by atoms with Crippen molar-refractivity contribution >= 4 is 10.0 Å². The Bertz CT molecular complexity index is 631. The third-order valence-corrected chi connectivity index (χ3v) is 5.21. The molecule has 0 aromatic carbocycles. The molecule has 1 fully saturated rings. The van der Waals surface area contributed by atoms with E-state index in [1.807, 2.05) is 0 Å². The van der Waals surface area contributed by atoms with Crippen LogP contribution in [0.4, 0.5) is 0 Å². The van der Waals surface area contributed by atoms with Crippen molar-refractivity contribution in [3.05, 3.63) is 11.9 Å². The summed E-state index contributed by atoms with van der Waals surface area (Å²) in [5.74, 6) is 0. The third-order valence-electron chi connectivity index (χ3n) is 3.68. The lowest BCUT2D eigenvalue weighted by Crippen LogP contribution is -2.59. The topological polar surface area (TPSA) is 134 Å². The first-order chi connectivity index (χ1) is 10.1. The van der Waals surface area contributed by atoms with E-state index in [2.05, 4.69) is 9.82 Å². The monoisotopic (exact) mass is 335 g/mol. The van der Waals surface area contributed by atoms with Crippen LogP contribution in [0, 0.1) is 6.92 Å². The van der Waals surface area contributed by atoms with Gasteiger partial charge in [0.1, 0.15) is 29.3 Å². The van der Waals surface area contributed by atoms with Crippen LogP contribution < -0.4 is 4.72 Å². The molecule has 0 radical (unpaired) electrons. The van der Waals surface area contributed by atoms with Crippen LogP contribution in [0.2, 0.25) is 0 Å². The fourth-order valence-corrected chi connectivity index (χ4v) is 3.68. The van der Waals surface area contributed by atoms with Gasteiger partial charge in [-0.2, -0.15) is 5.10 Å². The molecular formula is C12H21N3O6S. The molecule has 1 aromatic rings. The molecule has 5 unspecified atom stereocenters. The van der Waals surface area contributed by atoms with Gasteiger partial charge in [0.2, 0.25) is 10.0 Å². The van der Waals surface area contributed by atoms with Crippen LogP contribution in [0.1, 0.15) is 12.6 Å². The number of sulfonamides is 1. The SMILES string of the molecule is Cc1nn(C)cc1S(=O)(=O)NCC1OC(C)C(O)C(O)C1O. The lowest BCUT2D eigenvalue weighted by Gasteiger charge is -2.39. The number of hydrogen-bond donors (Lipinski definition) is 4. The first-order valence-corrected chi connectivity index (χ1v) is 8.31. The highest BCUT2D eigenvalue weighted by molar-refractivity contribution is 7.89. The number of nitrogens with zero attached hydrogens (tertiary/aromatic N) is 2. The minimum absolute atomic E-state index is 0.0360. The second kappa shape index (κ2) is 6.22. The van der Waals surface area contributed by atoms with Gasteiger partial charge in [-0.1, -0.05) is 0 Å². The van der Waals surface area contributed by atoms with E-state index in [-0.39, 0.29) is 11.4 Å². The number of aliphatic hydroxyl groups excluding tert-OH is 3. The molecule has 0 spiro atoms. The van der Waals surface area contributed by atoms with Crippen LogP contribution >= 0.6 is 0 Å². The Morgan fingerprint density at radius 1 is 1.32 bits per heavy atom. The van der Waals surface area contributed by atoms with E-state index in [9.17, 15) is 23.7 Å². The molecule has 0 aliphatic carbocycles. The fourth-order valence-electron chi connectivity index (χ4n) is 2.42. The Hall–Kier alpha value is -1.04. The average molecular weight is 335 g/mol. The fraction of sp³-hybridized carbons (Fsp3) is 0.750. The van der Waals surface area contributed by atoms with Gasteiger partial charge in [0.05, 0.1) is 11.8 Å². The smallest absolute Gasteiger partial charge is 0.244 e. The van der Waals surface area contributed by atoms with Crippen LogP contribution in [0.5, 0.6) is 0 Å². The van der Waals surface area contributed by atoms with Gasteiger partial charge in [-0.15, -0.1) is 0 Å². The van der Waals surface area contributed by atoms with Crippen molar-refractivity contribution in [1.82, 2.24) is 14.5 Å². The van der Waals surface area contributed by atoms with Crippen molar-refractivity contribution < 1.29 is 28.5 Å². The molecule has 1 aromatic heterocycles. The maximum atomic E-state index is 12.2. The third kappa shape index (κ3) is 3.31. The lowest BCUT2D eigenvalue weighted by molar-refractivity contribution is -0.214. The normalized spacial score (nSPS) is 33.1. The predicted molar refractivity (Wildman–Crippen MR) is 75.5 cm³/mol. The summed E-state index contributed by atoms with van der Waals surface area (Å²) in [6, 6.07) is 0. The van der Waals surface area contributed by atoms with Gasteiger partial charge in [-0.3, -0.25) is 4.68 Å². The van der Waals surface area contributed by atoms with Gasteiger partial charge in [0.25, 0.3) is 0 Å². The highest BCUT2D eigenvalue weighted by atomic mass is 32.2. The van der Waals surface area contributed by atoms with Crippen molar-refractivity contribution in [2.45, 2.75) is 49.3 Å². The molecule has 1 aliphatic heterocycles. The van der Waals surface area contributed by atoms with Crippen LogP contribution in [0.3, 0.4) is 0 Å². The summed E-state index contributed by atoms with van der Waals surface area (Å²) in [6.45, 7) is 2.88. The number of ether oxygens (including phenoxy) is 1. The Balaban J connectivity index is 2.07. The Kier molecular flexibility index (Phi) is 4.90. The van der Waals surface area contributed by atoms with E-state index in [1.165, 1.54) is 17.8 Å². The summed E-state index contributed by atoms with van der Waals surface area (Å²) < 4.78 is 33.5. The standard InChI is InChI=1S/C12H21N3O6S/c1-6-9(5-15(3)14-6)22(19,20)13-4-8-11(17)12(18)10(16)7(2)21-8/h5,7-8,10-13,16-18H,4H2,1-3H3. The van der Waals surface area contributed by atoms with Crippen molar-refractivity contribution in [2.75, 3.05) is 6.54 Å². The van der Waals surface area contributed by atoms with Crippen molar-refractivity contribution in [1.29, 1.82) is 0 Å². The summed E-state index contributed by atoms with van der Waals surface area (Å²) in [7, 11) is -2.20. The Morgan fingerprint density at radius 2 is 1.95 bits per heavy atom. The summed E-state index contributed by atoms with van der Waals surface area (Å²) in [5.41, 5.74) is 0.351. The van der Waals surface area contributed by atoms with E-state index >= 15 is 0 Å². The first kappa shape index (κ1) is 17.3. The summed E-state index contributed by atoms with van der Waals surface area (Å²) >= 11 is 0. The van der Waals surface area contributed by atoms with Gasteiger partial charge in [0, 0.05) is 19.8 Å². The minimum atomic E-state index is -3.81. The van der Waals surface area contributed by atoms with Crippen molar-refractivity contribution in [3.63, 3.8) is 0 Å². The Morgan fingerprint density at radius 3 is 2.50 bits per heavy atom. The number of rotatable bonds is 4. The average Bonchev–Trinajstić information content (AvgIpc) is 2.79. The highest BCUT2D eigenvalue weighted by Crippen LogP contribution is 2.21. The zero-order valence-corrected chi connectivity index (χ0v) is 13.4. The molecule has 5 atom stereocenters. The van der Waals surface area contributed by atoms with E-state index < -0.39 is 40.5 Å². The number of aryl methyl sites for hydroxylation is 2. The molecule has 1 saturated heterocycles. The van der Waals surface area contributed by atoms with Gasteiger partial charge in [0.15, 0.2) is 0 Å². The molecule has 1 aliphatic rings. The molecule has 0 amide bonds. The first-order valence-electron chi connectivity index (χ1n) is 6.83. The van der Waals surface area contributed by atoms with Crippen molar-refractivity contribution in [3.8, 4) is 0 Å². The Labute approximate surface area is 128 Å². The molecule has 0 saturated carbocycles. The second-order valence-corrected chi connectivity index (χ2v) is 7.19. The number of hydrogen-bond acceptors (Lipinski definition) is 7. The van der Waals surface area contributed by atoms with Crippen molar-refractivity contribution in [2.24, 2.45) is 7.05 Å². The van der Waals surface area contributed by atoms with E-state index in [4.69, 9.17) is 4.74 Å². The van der Waals surface area contributed by atoms with Gasteiger partial charge >= 0.3 is 0 Å². The minimum Gasteiger partial charge on any atom is -0.388 e. The molecule has 9 nitrogen and oxygen atoms in total. The molecular weight excluding hydrogens is 314 g/mol. The number of aromatic nitrogens is 2. The molecule has 2 heterocycles. The summed E-state index contributed by atoms with van der Waals surface area (Å²) in [6.07, 6.45) is -4.30. The molecule has 0 bridgehead atoms. The second-order valence-electron chi connectivity index (χ2n) is 5.46. The molecule has 22 heavy (non-hydrogen) atoms. The maximum Gasteiger partial charge on any atom is 0.244 e. The summed E-state index contributed by atoms with van der Waals surface area (Å²) in [4.78, 5) is 0.0360. The summed E-state index contributed by atoms with van der Waals surface area (Å²) in [5, 5.41) is 33.1. The lowest BCUT2D eigenvalue weighted by atomic mass is 9.96. The zero-order chi connectivity index (χ0) is 16.7. The highest BCUT2D eigenvalue weighted by Gasteiger charge is 2.42. The quantitative estimate of drug-likeness (QED) is 0.494. The zero-order valence-electron chi connectivity index (χ0n) is 12.5. The van der Waals surface area contributed by atoms with E-state index in [1.54, 1.807) is 14.0 Å². The number of aliphatic hydroxyl groups is 3. The van der Waals surface area contributed by atoms with Crippen LogP contribution in [0.25, 0.3) is 0 Å². The molecule has 2 rings (SSSR count). The predicted octanol–water partition coefficient (Wildman–Crippen LogP) is -2.12. The molecule has 4 N–H and O–H groups in total. The number of nitrogens with one attached hydrogen (secondary N) is 1. The van der Waals surface area contributed by atoms with Gasteiger partial charge < -0.3 is 20.1 Å². The maximum absolute atomic E-state index is 12.2. The van der Waals surface area contributed by atoms with Crippen LogP contribution in [-0.4, -0.2) is 70.6 Å². The van der Waals surface area contributed by atoms with E-state index in [0.29, 0.717) is 5.69 Å².